The molecule has 2 aromatic carbocycles. The fourth-order valence-corrected chi connectivity index (χ4v) is 3.09. The molecular weight excluding hydrogens is 316 g/mol. The van der Waals surface area contributed by atoms with E-state index in [4.69, 9.17) is 0 Å². The van der Waals surface area contributed by atoms with Gasteiger partial charge in [0.2, 0.25) is 10.0 Å². The summed E-state index contributed by atoms with van der Waals surface area (Å²) in [5, 5.41) is 12.0. The normalized spacial score (nSPS) is 15.5. The molecule has 0 radical (unpaired) electrons. The summed E-state index contributed by atoms with van der Waals surface area (Å²) in [4.78, 5) is 12.2. The molecule has 1 aliphatic heterocycles. The average Bonchev–Trinajstić information content (AvgIpc) is 2.84. The molecule has 1 aliphatic rings. The van der Waals surface area contributed by atoms with Gasteiger partial charge in [0, 0.05) is 16.8 Å². The predicted molar refractivity (Wildman–Crippen MR) is 87.3 cm³/mol. The van der Waals surface area contributed by atoms with Crippen molar-refractivity contribution in [3.8, 4) is 5.75 Å². The second kappa shape index (κ2) is 5.53. The van der Waals surface area contributed by atoms with Gasteiger partial charge in [0.25, 0.3) is 5.91 Å². The number of hydrogen-bond donors (Lipinski definition) is 3. The summed E-state index contributed by atoms with van der Waals surface area (Å²) in [6, 6.07) is 10.8. The lowest BCUT2D eigenvalue weighted by Crippen LogP contribution is -2.18. The number of carbonyl (C=O) groups excluding carboxylic acids is 1. The van der Waals surface area contributed by atoms with E-state index in [1.807, 2.05) is 0 Å². The number of sulfonamides is 1. The van der Waals surface area contributed by atoms with E-state index in [-0.39, 0.29) is 16.6 Å². The van der Waals surface area contributed by atoms with Gasteiger partial charge in [-0.15, -0.1) is 0 Å². The SMILES string of the molecule is CNS(=O)(=O)c1ccc2c(c1)C(=Cc1ccc(O)cc1)C(=O)N2. The Morgan fingerprint density at radius 1 is 1.13 bits per heavy atom. The zero-order chi connectivity index (χ0) is 16.6. The smallest absolute Gasteiger partial charge is 0.256 e. The molecule has 0 bridgehead atoms. The Morgan fingerprint density at radius 3 is 2.48 bits per heavy atom. The Balaban J connectivity index is 2.10. The van der Waals surface area contributed by atoms with Crippen LogP contribution >= 0.6 is 0 Å². The number of amides is 1. The highest BCUT2D eigenvalue weighted by Crippen LogP contribution is 2.34. The van der Waals surface area contributed by atoms with Crippen LogP contribution in [0.2, 0.25) is 0 Å². The monoisotopic (exact) mass is 330 g/mol. The number of phenols is 1. The van der Waals surface area contributed by atoms with Crippen LogP contribution in [0.5, 0.6) is 5.75 Å². The lowest BCUT2D eigenvalue weighted by molar-refractivity contribution is -0.110. The van der Waals surface area contributed by atoms with Crippen molar-refractivity contribution >= 4 is 33.3 Å². The molecule has 23 heavy (non-hydrogen) atoms. The maximum absolute atomic E-state index is 12.1. The van der Waals surface area contributed by atoms with Crippen LogP contribution in [-0.2, 0) is 14.8 Å². The molecule has 0 aromatic heterocycles. The highest BCUT2D eigenvalue weighted by Gasteiger charge is 2.26. The van der Waals surface area contributed by atoms with Crippen LogP contribution in [0.4, 0.5) is 5.69 Å². The van der Waals surface area contributed by atoms with Crippen molar-refractivity contribution in [3.05, 3.63) is 53.6 Å². The molecule has 6 nitrogen and oxygen atoms in total. The summed E-state index contributed by atoms with van der Waals surface area (Å²) in [5.41, 5.74) is 2.19. The van der Waals surface area contributed by atoms with Gasteiger partial charge >= 0.3 is 0 Å². The van der Waals surface area contributed by atoms with Crippen LogP contribution in [0.1, 0.15) is 11.1 Å². The Labute approximate surface area is 133 Å². The lowest BCUT2D eigenvalue weighted by Gasteiger charge is -2.05. The van der Waals surface area contributed by atoms with Crippen LogP contribution < -0.4 is 10.0 Å². The van der Waals surface area contributed by atoms with Gasteiger partial charge in [0.1, 0.15) is 5.75 Å². The summed E-state index contributed by atoms with van der Waals surface area (Å²) in [6.45, 7) is 0. The van der Waals surface area contributed by atoms with Crippen LogP contribution in [0.15, 0.2) is 47.4 Å². The third-order valence-corrected chi connectivity index (χ3v) is 4.97. The van der Waals surface area contributed by atoms with E-state index >= 15 is 0 Å². The molecular formula is C16H14N2O4S. The first kappa shape index (κ1) is 15.3. The lowest BCUT2D eigenvalue weighted by atomic mass is 10.0. The Morgan fingerprint density at radius 2 is 1.83 bits per heavy atom. The van der Waals surface area contributed by atoms with E-state index in [0.29, 0.717) is 16.8 Å². The van der Waals surface area contributed by atoms with Crippen molar-refractivity contribution in [1.82, 2.24) is 4.72 Å². The number of hydrogen-bond acceptors (Lipinski definition) is 4. The molecule has 3 N–H and O–H groups in total. The second-order valence-electron chi connectivity index (χ2n) is 5.02. The van der Waals surface area contributed by atoms with Crippen LogP contribution in [0, 0.1) is 0 Å². The summed E-state index contributed by atoms with van der Waals surface area (Å²) in [7, 11) is -2.26. The zero-order valence-electron chi connectivity index (χ0n) is 12.2. The maximum Gasteiger partial charge on any atom is 0.256 e. The molecule has 1 heterocycles. The van der Waals surface area contributed by atoms with Gasteiger partial charge in [-0.25, -0.2) is 13.1 Å². The first-order chi connectivity index (χ1) is 10.9. The first-order valence-corrected chi connectivity index (χ1v) is 8.29. The molecule has 1 amide bonds. The number of rotatable bonds is 3. The van der Waals surface area contributed by atoms with Crippen molar-refractivity contribution in [3.63, 3.8) is 0 Å². The van der Waals surface area contributed by atoms with E-state index in [0.717, 1.165) is 5.56 Å². The van der Waals surface area contributed by atoms with Crippen molar-refractivity contribution in [2.75, 3.05) is 12.4 Å². The maximum atomic E-state index is 12.1. The van der Waals surface area contributed by atoms with Crippen molar-refractivity contribution < 1.29 is 18.3 Å². The molecule has 3 rings (SSSR count). The minimum absolute atomic E-state index is 0.0897. The minimum Gasteiger partial charge on any atom is -0.508 e. The predicted octanol–water partition coefficient (Wildman–Crippen LogP) is 1.79. The third kappa shape index (κ3) is 2.84. The van der Waals surface area contributed by atoms with Gasteiger partial charge in [-0.2, -0.15) is 0 Å². The highest BCUT2D eigenvalue weighted by atomic mass is 32.2. The Hall–Kier alpha value is -2.64. The molecule has 7 heteroatoms. The summed E-state index contributed by atoms with van der Waals surface area (Å²) in [5.74, 6) is -0.169. The Kier molecular flexibility index (Phi) is 3.67. The Bertz CT molecular complexity index is 916. The van der Waals surface area contributed by atoms with E-state index in [9.17, 15) is 18.3 Å². The summed E-state index contributed by atoms with van der Waals surface area (Å²) >= 11 is 0. The summed E-state index contributed by atoms with van der Waals surface area (Å²) in [6.07, 6.45) is 1.65. The number of aromatic hydroxyl groups is 1. The van der Waals surface area contributed by atoms with Crippen LogP contribution in [-0.4, -0.2) is 26.5 Å². The quantitative estimate of drug-likeness (QED) is 0.748. The van der Waals surface area contributed by atoms with Crippen molar-refractivity contribution in [2.45, 2.75) is 4.90 Å². The average molecular weight is 330 g/mol. The number of fused-ring (bicyclic) bond motifs is 1. The number of carbonyl (C=O) groups is 1. The fraction of sp³-hybridized carbons (Fsp3) is 0.0625. The fourth-order valence-electron chi connectivity index (χ4n) is 2.33. The standard InChI is InChI=1S/C16H14N2O4S/c1-17-23(21,22)12-6-7-15-13(9-12)14(16(20)18-15)8-10-2-4-11(19)5-3-10/h2-9,17,19H,1H3,(H,18,20). The van der Waals surface area contributed by atoms with E-state index in [1.54, 1.807) is 24.3 Å². The van der Waals surface area contributed by atoms with Gasteiger partial charge in [0.15, 0.2) is 0 Å². The topological polar surface area (TPSA) is 95.5 Å². The number of nitrogens with one attached hydrogen (secondary N) is 2. The van der Waals surface area contributed by atoms with Gasteiger partial charge in [0.05, 0.1) is 4.90 Å². The van der Waals surface area contributed by atoms with Crippen LogP contribution in [0.25, 0.3) is 11.6 Å². The van der Waals surface area contributed by atoms with Crippen molar-refractivity contribution in [1.29, 1.82) is 0 Å². The molecule has 0 atom stereocenters. The molecule has 0 unspecified atom stereocenters. The van der Waals surface area contributed by atoms with E-state index in [2.05, 4.69) is 10.0 Å². The minimum atomic E-state index is -3.59. The highest BCUT2D eigenvalue weighted by molar-refractivity contribution is 7.89. The second-order valence-corrected chi connectivity index (χ2v) is 6.91. The number of benzene rings is 2. The molecule has 0 saturated carbocycles. The van der Waals surface area contributed by atoms with Crippen LogP contribution in [0.3, 0.4) is 0 Å². The third-order valence-electron chi connectivity index (χ3n) is 3.56. The zero-order valence-corrected chi connectivity index (χ0v) is 13.0. The van der Waals surface area contributed by atoms with Gasteiger partial charge in [-0.05, 0) is 49.0 Å². The molecule has 0 aliphatic carbocycles. The van der Waals surface area contributed by atoms with Gasteiger partial charge in [-0.3, -0.25) is 4.79 Å². The molecule has 0 spiro atoms. The van der Waals surface area contributed by atoms with Gasteiger partial charge in [-0.1, -0.05) is 12.1 Å². The summed E-state index contributed by atoms with van der Waals surface area (Å²) < 4.78 is 26.1. The molecule has 2 aromatic rings. The molecule has 0 fully saturated rings. The van der Waals surface area contributed by atoms with E-state index in [1.165, 1.54) is 31.3 Å². The number of anilines is 1. The molecule has 118 valence electrons. The molecule has 0 saturated heterocycles. The first-order valence-electron chi connectivity index (χ1n) is 6.81. The largest absolute Gasteiger partial charge is 0.508 e. The number of phenolic OH excluding ortho intramolecular Hbond substituents is 1. The van der Waals surface area contributed by atoms with E-state index < -0.39 is 10.0 Å². The van der Waals surface area contributed by atoms with Crippen molar-refractivity contribution in [2.24, 2.45) is 0 Å². The van der Waals surface area contributed by atoms with Gasteiger partial charge < -0.3 is 10.4 Å².